The number of hydrogen-bond donors (Lipinski definition) is 0. The van der Waals surface area contributed by atoms with Crippen LogP contribution in [0.4, 0.5) is 0 Å². The Bertz CT molecular complexity index is 811. The van der Waals surface area contributed by atoms with Crippen molar-refractivity contribution < 1.29 is 9.59 Å². The van der Waals surface area contributed by atoms with Crippen molar-refractivity contribution >= 4 is 39.3 Å². The van der Waals surface area contributed by atoms with Crippen molar-refractivity contribution in [3.63, 3.8) is 0 Å². The Kier molecular flexibility index (Phi) is 3.97. The van der Waals surface area contributed by atoms with E-state index in [1.54, 1.807) is 23.2 Å². The molecule has 1 saturated heterocycles. The molecular formula is C21H24BrClN2O2. The van der Waals surface area contributed by atoms with Gasteiger partial charge in [-0.2, -0.15) is 0 Å². The minimum Gasteiger partial charge on any atom is -0.270 e. The summed E-state index contributed by atoms with van der Waals surface area (Å²) in [6.07, 6.45) is 6.22. The first-order valence-corrected chi connectivity index (χ1v) is 11.1. The zero-order valence-corrected chi connectivity index (χ0v) is 18.0. The van der Waals surface area contributed by atoms with Gasteiger partial charge in [-0.1, -0.05) is 11.6 Å². The largest absolute Gasteiger partial charge is 0.274 e. The van der Waals surface area contributed by atoms with Crippen LogP contribution >= 0.6 is 27.5 Å². The number of hydrogen-bond acceptors (Lipinski definition) is 2. The van der Waals surface area contributed by atoms with Crippen molar-refractivity contribution in [2.75, 3.05) is 0 Å². The van der Waals surface area contributed by atoms with Crippen molar-refractivity contribution in [3.8, 4) is 0 Å². The molecule has 0 unspecified atom stereocenters. The molecule has 5 aliphatic rings. The average molecular weight is 452 g/mol. The normalized spacial score (nSPS) is 36.1. The Morgan fingerprint density at radius 3 is 2.30 bits per heavy atom. The van der Waals surface area contributed by atoms with Crippen molar-refractivity contribution in [2.45, 2.75) is 57.5 Å². The number of halogens is 2. The van der Waals surface area contributed by atoms with Crippen LogP contribution in [0, 0.1) is 23.7 Å². The first-order valence-electron chi connectivity index (χ1n) is 9.90. The van der Waals surface area contributed by atoms with E-state index in [4.69, 9.17) is 11.6 Å². The lowest BCUT2D eigenvalue weighted by Crippen LogP contribution is -2.80. The lowest BCUT2D eigenvalue weighted by Gasteiger charge is -2.65. The summed E-state index contributed by atoms with van der Waals surface area (Å²) in [7, 11) is 0. The van der Waals surface area contributed by atoms with Crippen LogP contribution in [0.5, 0.6) is 0 Å². The Labute approximate surface area is 173 Å². The predicted molar refractivity (Wildman–Crippen MR) is 107 cm³/mol. The minimum absolute atomic E-state index is 0.0754. The summed E-state index contributed by atoms with van der Waals surface area (Å²) in [4.78, 5) is 26.5. The molecule has 5 fully saturated rings. The van der Waals surface area contributed by atoms with Crippen LogP contribution < -0.4 is 0 Å². The summed E-state index contributed by atoms with van der Waals surface area (Å²) in [6.45, 7) is 3.69. The molecule has 4 saturated carbocycles. The molecule has 1 heterocycles. The quantitative estimate of drug-likeness (QED) is 0.641. The molecule has 4 nitrogen and oxygen atoms in total. The third kappa shape index (κ3) is 2.53. The van der Waals surface area contributed by atoms with E-state index in [2.05, 4.69) is 15.9 Å². The molecule has 0 aromatic heterocycles. The molecule has 144 valence electrons. The predicted octanol–water partition coefficient (Wildman–Crippen LogP) is 4.91. The summed E-state index contributed by atoms with van der Waals surface area (Å²) in [6, 6.07) is 5.41. The number of carbonyl (C=O) groups excluding carboxylic acids is 2. The van der Waals surface area contributed by atoms with Crippen LogP contribution in [0.1, 0.15) is 56.3 Å². The second kappa shape index (κ2) is 5.96. The van der Waals surface area contributed by atoms with E-state index in [1.165, 1.54) is 32.1 Å². The molecule has 27 heavy (non-hydrogen) atoms. The van der Waals surface area contributed by atoms with Crippen LogP contribution in [0.3, 0.4) is 0 Å². The molecule has 4 bridgehead atoms. The van der Waals surface area contributed by atoms with Gasteiger partial charge in [-0.25, -0.2) is 10.0 Å². The first-order chi connectivity index (χ1) is 12.8. The highest BCUT2D eigenvalue weighted by atomic mass is 79.9. The van der Waals surface area contributed by atoms with Crippen molar-refractivity contribution in [1.29, 1.82) is 0 Å². The average Bonchev–Trinajstić information content (AvgIpc) is 2.61. The maximum absolute atomic E-state index is 13.5. The smallest absolute Gasteiger partial charge is 0.270 e. The number of carbonyl (C=O) groups is 2. The lowest BCUT2D eigenvalue weighted by atomic mass is 9.53. The maximum Gasteiger partial charge on any atom is 0.274 e. The van der Waals surface area contributed by atoms with Gasteiger partial charge >= 0.3 is 0 Å². The fourth-order valence-corrected chi connectivity index (χ4v) is 6.97. The van der Waals surface area contributed by atoms with E-state index in [1.807, 2.05) is 18.9 Å². The summed E-state index contributed by atoms with van der Waals surface area (Å²) in [5, 5.41) is 4.05. The molecule has 0 radical (unpaired) electrons. The highest BCUT2D eigenvalue weighted by Crippen LogP contribution is 2.57. The monoisotopic (exact) mass is 450 g/mol. The Morgan fingerprint density at radius 1 is 1.11 bits per heavy atom. The number of rotatable bonds is 2. The second-order valence-corrected chi connectivity index (χ2v) is 10.7. The number of nitrogens with zero attached hydrogens (tertiary/aromatic N) is 2. The van der Waals surface area contributed by atoms with E-state index >= 15 is 0 Å². The maximum atomic E-state index is 13.5. The van der Waals surface area contributed by atoms with Crippen molar-refractivity contribution in [1.82, 2.24) is 10.0 Å². The third-order valence-electron chi connectivity index (χ3n) is 7.29. The van der Waals surface area contributed by atoms with Gasteiger partial charge in [0.25, 0.3) is 11.8 Å². The fourth-order valence-electron chi connectivity index (χ4n) is 6.38. The first kappa shape index (κ1) is 18.0. The van der Waals surface area contributed by atoms with Crippen molar-refractivity contribution in [3.05, 3.63) is 33.3 Å². The highest BCUT2D eigenvalue weighted by Gasteiger charge is 2.62. The zero-order valence-electron chi connectivity index (χ0n) is 15.6. The number of hydrazine groups is 1. The molecule has 4 aliphatic carbocycles. The van der Waals surface area contributed by atoms with E-state index < -0.39 is 5.54 Å². The number of benzene rings is 1. The fraction of sp³-hybridized carbons (Fsp3) is 0.619. The van der Waals surface area contributed by atoms with Gasteiger partial charge in [-0.3, -0.25) is 9.59 Å². The molecule has 0 spiro atoms. The molecule has 2 amide bonds. The van der Waals surface area contributed by atoms with E-state index in [-0.39, 0.29) is 17.9 Å². The molecule has 0 atom stereocenters. The van der Waals surface area contributed by atoms with Gasteiger partial charge in [-0.15, -0.1) is 0 Å². The van der Waals surface area contributed by atoms with Crippen molar-refractivity contribution in [2.24, 2.45) is 23.7 Å². The molecule has 1 aromatic rings. The topological polar surface area (TPSA) is 40.6 Å². The van der Waals surface area contributed by atoms with Gasteiger partial charge in [-0.05, 0) is 104 Å². The lowest BCUT2D eigenvalue weighted by molar-refractivity contribution is -0.230. The summed E-state index contributed by atoms with van der Waals surface area (Å²) in [5.74, 6) is 2.67. The molecule has 0 N–H and O–H groups in total. The van der Waals surface area contributed by atoms with E-state index in [0.717, 1.165) is 11.8 Å². The second-order valence-electron chi connectivity index (χ2n) is 9.37. The molecule has 1 aliphatic heterocycles. The third-order valence-corrected chi connectivity index (χ3v) is 8.21. The van der Waals surface area contributed by atoms with Crippen LogP contribution in [0.2, 0.25) is 5.02 Å². The van der Waals surface area contributed by atoms with Crippen LogP contribution in [-0.4, -0.2) is 33.4 Å². The summed E-state index contributed by atoms with van der Waals surface area (Å²) >= 11 is 9.61. The van der Waals surface area contributed by atoms with Gasteiger partial charge < -0.3 is 0 Å². The molecule has 1 aromatic carbocycles. The van der Waals surface area contributed by atoms with Gasteiger partial charge in [0.05, 0.1) is 11.6 Å². The van der Waals surface area contributed by atoms with Crippen LogP contribution in [0.25, 0.3) is 0 Å². The Hall–Kier alpha value is -1.07. The summed E-state index contributed by atoms with van der Waals surface area (Å²) < 4.78 is 0.706. The van der Waals surface area contributed by atoms with E-state index in [9.17, 15) is 9.59 Å². The standard InChI is InChI=1S/C21H24BrClN2O2/c1-21(2)20(27)24(18-13-6-11-5-12(8-13)9-14(18)7-11)25(21)19(26)16-10-15(23)3-4-17(16)22/h3-4,10-14,18H,5-9H2,1-2H3. The Morgan fingerprint density at radius 2 is 1.70 bits per heavy atom. The van der Waals surface area contributed by atoms with Gasteiger partial charge in [0.15, 0.2) is 0 Å². The Balaban J connectivity index is 1.50. The minimum atomic E-state index is -0.812. The zero-order chi connectivity index (χ0) is 19.1. The highest BCUT2D eigenvalue weighted by molar-refractivity contribution is 9.10. The van der Waals surface area contributed by atoms with Gasteiger partial charge in [0.2, 0.25) is 0 Å². The SMILES string of the molecule is CC1(C)C(=O)N(C2C3CC4CC(C3)CC2C4)N1C(=O)c1cc(Cl)ccc1Br. The molecular weight excluding hydrogens is 428 g/mol. The van der Waals surface area contributed by atoms with E-state index in [0.29, 0.717) is 26.9 Å². The molecule has 6 rings (SSSR count). The molecule has 6 heteroatoms. The van der Waals surface area contributed by atoms with Crippen LogP contribution in [-0.2, 0) is 4.79 Å². The number of amides is 2. The van der Waals surface area contributed by atoms with Gasteiger partial charge in [0, 0.05) is 9.50 Å². The summed E-state index contributed by atoms with van der Waals surface area (Å²) in [5.41, 5.74) is -0.301. The van der Waals surface area contributed by atoms with Crippen LogP contribution in [0.15, 0.2) is 22.7 Å². The van der Waals surface area contributed by atoms with Gasteiger partial charge in [0.1, 0.15) is 5.54 Å².